The van der Waals surface area contributed by atoms with E-state index >= 15 is 0 Å². The molecular formula is C12H14Na2O10. The average molecular weight is 364 g/mol. The van der Waals surface area contributed by atoms with Gasteiger partial charge < -0.3 is 32.8 Å². The first-order valence-electron chi connectivity index (χ1n) is 5.78. The molecule has 0 spiro atoms. The topological polar surface area (TPSA) is 168 Å². The van der Waals surface area contributed by atoms with Gasteiger partial charge in [-0.25, -0.2) is 19.2 Å². The largest absolute Gasteiger partial charge is 1.00 e. The summed E-state index contributed by atoms with van der Waals surface area (Å²) in [5, 5.41) is 34.0. The quantitative estimate of drug-likeness (QED) is 0.278. The molecule has 10 nitrogen and oxygen atoms in total. The Bertz CT molecular complexity index is 480. The molecule has 0 bridgehead atoms. The van der Waals surface area contributed by atoms with E-state index in [1.54, 1.807) is 0 Å². The molecule has 4 N–H and O–H groups in total. The SMILES string of the molecule is O=C(O)C1(C(=O)O)CC=CO1.O=C(O)C1(C(=O)O)CC=CO1.[H-].[H-].[Na+].[Na+]. The fourth-order valence-corrected chi connectivity index (χ4v) is 1.59. The van der Waals surface area contributed by atoms with Gasteiger partial charge in [0.1, 0.15) is 0 Å². The molecule has 0 aliphatic carbocycles. The van der Waals surface area contributed by atoms with Crippen LogP contribution in [0.3, 0.4) is 0 Å². The summed E-state index contributed by atoms with van der Waals surface area (Å²) < 4.78 is 8.97. The Kier molecular flexibility index (Phi) is 10.6. The second-order valence-electron chi connectivity index (χ2n) is 4.26. The van der Waals surface area contributed by atoms with Crippen LogP contribution < -0.4 is 59.1 Å². The number of aliphatic carboxylic acids is 4. The molecular weight excluding hydrogens is 350 g/mol. The minimum atomic E-state index is -2.08. The molecule has 0 atom stereocenters. The van der Waals surface area contributed by atoms with Crippen LogP contribution >= 0.6 is 0 Å². The molecule has 0 amide bonds. The van der Waals surface area contributed by atoms with Crippen LogP contribution in [-0.4, -0.2) is 55.5 Å². The maximum atomic E-state index is 10.4. The molecule has 2 aliphatic heterocycles. The number of carbonyl (C=O) groups is 4. The number of hydrogen-bond acceptors (Lipinski definition) is 6. The zero-order valence-electron chi connectivity index (χ0n) is 15.0. The van der Waals surface area contributed by atoms with Gasteiger partial charge in [-0.1, -0.05) is 0 Å². The Morgan fingerprint density at radius 3 is 1.04 bits per heavy atom. The summed E-state index contributed by atoms with van der Waals surface area (Å²) in [6.07, 6.45) is 4.64. The van der Waals surface area contributed by atoms with Gasteiger partial charge in [-0.2, -0.15) is 0 Å². The average Bonchev–Trinajstić information content (AvgIpc) is 3.10. The van der Waals surface area contributed by atoms with Crippen LogP contribution in [0.5, 0.6) is 0 Å². The predicted octanol–water partition coefficient (Wildman–Crippen LogP) is -6.11. The van der Waals surface area contributed by atoms with Crippen LogP contribution in [0.15, 0.2) is 24.7 Å². The normalized spacial score (nSPS) is 17.7. The molecule has 0 aromatic carbocycles. The summed E-state index contributed by atoms with van der Waals surface area (Å²) in [5.41, 5.74) is -4.17. The minimum absolute atomic E-state index is 0. The molecule has 0 aromatic heterocycles. The third-order valence-electron chi connectivity index (χ3n) is 2.92. The molecule has 2 aliphatic rings. The summed E-state index contributed by atoms with van der Waals surface area (Å²) in [4.78, 5) is 41.7. The summed E-state index contributed by atoms with van der Waals surface area (Å²) in [6, 6.07) is 0. The monoisotopic (exact) mass is 364 g/mol. The van der Waals surface area contributed by atoms with Crippen molar-refractivity contribution in [3.8, 4) is 0 Å². The van der Waals surface area contributed by atoms with Crippen molar-refractivity contribution in [2.24, 2.45) is 0 Å². The zero-order valence-corrected chi connectivity index (χ0v) is 17.0. The van der Waals surface area contributed by atoms with Crippen LogP contribution in [0.25, 0.3) is 0 Å². The molecule has 0 radical (unpaired) electrons. The van der Waals surface area contributed by atoms with E-state index in [-0.39, 0.29) is 74.8 Å². The van der Waals surface area contributed by atoms with Crippen LogP contribution in [-0.2, 0) is 28.7 Å². The molecule has 0 aromatic rings. The minimum Gasteiger partial charge on any atom is -1.00 e. The van der Waals surface area contributed by atoms with Crippen LogP contribution in [0.1, 0.15) is 15.7 Å². The van der Waals surface area contributed by atoms with Gasteiger partial charge in [-0.15, -0.1) is 0 Å². The maximum Gasteiger partial charge on any atom is 1.00 e. The molecule has 12 heteroatoms. The number of hydrogen-bond donors (Lipinski definition) is 4. The second-order valence-corrected chi connectivity index (χ2v) is 4.26. The Balaban J connectivity index is -0.000000161. The third-order valence-corrected chi connectivity index (χ3v) is 2.92. The maximum absolute atomic E-state index is 10.4. The summed E-state index contributed by atoms with van der Waals surface area (Å²) in [7, 11) is 0. The Hall–Kier alpha value is -1.04. The van der Waals surface area contributed by atoms with E-state index in [1.165, 1.54) is 12.2 Å². The van der Waals surface area contributed by atoms with E-state index in [2.05, 4.69) is 9.47 Å². The molecule has 24 heavy (non-hydrogen) atoms. The molecule has 0 saturated carbocycles. The van der Waals surface area contributed by atoms with E-state index in [4.69, 9.17) is 20.4 Å². The van der Waals surface area contributed by atoms with Crippen molar-refractivity contribution < 1.29 is 111 Å². The van der Waals surface area contributed by atoms with Crippen LogP contribution in [0.4, 0.5) is 0 Å². The third kappa shape index (κ3) is 4.98. The van der Waals surface area contributed by atoms with Crippen molar-refractivity contribution in [3.05, 3.63) is 24.7 Å². The predicted molar refractivity (Wildman–Crippen MR) is 67.9 cm³/mol. The van der Waals surface area contributed by atoms with E-state index < -0.39 is 35.1 Å². The summed E-state index contributed by atoms with van der Waals surface area (Å²) >= 11 is 0. The van der Waals surface area contributed by atoms with Crippen LogP contribution in [0, 0.1) is 0 Å². The smallest absolute Gasteiger partial charge is 1.00 e. The Morgan fingerprint density at radius 1 is 0.708 bits per heavy atom. The van der Waals surface area contributed by atoms with Gasteiger partial charge in [0.15, 0.2) is 0 Å². The van der Waals surface area contributed by atoms with Crippen molar-refractivity contribution in [2.45, 2.75) is 24.0 Å². The zero-order chi connectivity index (χ0) is 17.0. The van der Waals surface area contributed by atoms with Gasteiger partial charge in [0.25, 0.3) is 0 Å². The van der Waals surface area contributed by atoms with Gasteiger partial charge >= 0.3 is 94.2 Å². The molecule has 0 saturated heterocycles. The Morgan fingerprint density at radius 2 is 0.958 bits per heavy atom. The molecule has 124 valence electrons. The van der Waals surface area contributed by atoms with E-state index in [0.29, 0.717) is 0 Å². The first-order chi connectivity index (χ1) is 10.2. The molecule has 0 fully saturated rings. The fourth-order valence-electron chi connectivity index (χ4n) is 1.59. The second kappa shape index (κ2) is 10.1. The number of ether oxygens (including phenoxy) is 2. The molecule has 2 rings (SSSR count). The van der Waals surface area contributed by atoms with Crippen molar-refractivity contribution in [3.63, 3.8) is 0 Å². The van der Waals surface area contributed by atoms with Gasteiger partial charge in [-0.3, -0.25) is 0 Å². The van der Waals surface area contributed by atoms with E-state index in [9.17, 15) is 19.2 Å². The first kappa shape index (κ1) is 25.2. The van der Waals surface area contributed by atoms with Crippen molar-refractivity contribution in [1.29, 1.82) is 0 Å². The van der Waals surface area contributed by atoms with Gasteiger partial charge in [-0.05, 0) is 12.2 Å². The molecule has 2 heterocycles. The first-order valence-corrected chi connectivity index (χ1v) is 5.78. The van der Waals surface area contributed by atoms with Crippen LogP contribution in [0.2, 0.25) is 0 Å². The van der Waals surface area contributed by atoms with E-state index in [0.717, 1.165) is 12.5 Å². The molecule has 0 unspecified atom stereocenters. The van der Waals surface area contributed by atoms with Gasteiger partial charge in [0.2, 0.25) is 0 Å². The van der Waals surface area contributed by atoms with Crippen molar-refractivity contribution in [1.82, 2.24) is 0 Å². The summed E-state index contributed by atoms with van der Waals surface area (Å²) in [6.45, 7) is 0. The van der Waals surface area contributed by atoms with Crippen molar-refractivity contribution >= 4 is 23.9 Å². The Labute approximate surface area is 182 Å². The fraction of sp³-hybridized carbons (Fsp3) is 0.333. The number of rotatable bonds is 4. The van der Waals surface area contributed by atoms with E-state index in [1.807, 2.05) is 0 Å². The van der Waals surface area contributed by atoms with Crippen molar-refractivity contribution in [2.75, 3.05) is 0 Å². The number of carboxylic acid groups (broad SMARTS) is 4. The van der Waals surface area contributed by atoms with Gasteiger partial charge in [0, 0.05) is 12.8 Å². The number of carboxylic acids is 4. The summed E-state index contributed by atoms with van der Waals surface area (Å²) in [5.74, 6) is -5.91. The standard InChI is InChI=1S/2C6H6O5.2Na.2H/c2*7-4(8)6(5(9)10)2-1-3-11-6;;;;/h2*1,3H,2H2,(H,7,8)(H,9,10);;;;/q;;2*+1;2*-1. The van der Waals surface area contributed by atoms with Gasteiger partial charge in [0.05, 0.1) is 12.5 Å².